The Balaban J connectivity index is 1.35. The fourth-order valence-corrected chi connectivity index (χ4v) is 3.83. The third-order valence-corrected chi connectivity index (χ3v) is 5.14. The molecule has 0 bridgehead atoms. The first kappa shape index (κ1) is 17.9. The van der Waals surface area contributed by atoms with Crippen LogP contribution in [0.25, 0.3) is 0 Å². The summed E-state index contributed by atoms with van der Waals surface area (Å²) in [5.41, 5.74) is 4.28. The van der Waals surface area contributed by atoms with E-state index in [0.717, 1.165) is 60.9 Å². The molecule has 2 aliphatic rings. The van der Waals surface area contributed by atoms with Gasteiger partial charge in [0.15, 0.2) is 11.5 Å². The maximum atomic E-state index is 12.8. The van der Waals surface area contributed by atoms with Crippen LogP contribution < -0.4 is 9.47 Å². The highest BCUT2D eigenvalue weighted by Gasteiger charge is 2.23. The molecule has 0 saturated carbocycles. The van der Waals surface area contributed by atoms with Gasteiger partial charge in [-0.3, -0.25) is 9.69 Å². The monoisotopic (exact) mass is 366 g/mol. The smallest absolute Gasteiger partial charge is 0.253 e. The van der Waals surface area contributed by atoms with Crippen LogP contribution >= 0.6 is 0 Å². The second-order valence-corrected chi connectivity index (χ2v) is 7.42. The van der Waals surface area contributed by atoms with E-state index in [1.807, 2.05) is 36.9 Å². The highest BCUT2D eigenvalue weighted by atomic mass is 16.6. The van der Waals surface area contributed by atoms with Crippen molar-refractivity contribution >= 4 is 5.91 Å². The summed E-state index contributed by atoms with van der Waals surface area (Å²) in [5, 5.41) is 0. The lowest BCUT2D eigenvalue weighted by atomic mass is 10.1. The van der Waals surface area contributed by atoms with Crippen LogP contribution in [0.3, 0.4) is 0 Å². The summed E-state index contributed by atoms with van der Waals surface area (Å²) in [6, 6.07) is 12.2. The zero-order chi connectivity index (χ0) is 18.8. The van der Waals surface area contributed by atoms with Gasteiger partial charge in [0.1, 0.15) is 13.2 Å². The van der Waals surface area contributed by atoms with Crippen molar-refractivity contribution in [3.05, 3.63) is 58.7 Å². The van der Waals surface area contributed by atoms with E-state index in [9.17, 15) is 4.79 Å². The molecule has 1 fully saturated rings. The molecular formula is C22H26N2O3. The Morgan fingerprint density at radius 1 is 0.889 bits per heavy atom. The molecule has 5 heteroatoms. The molecule has 0 spiro atoms. The molecule has 0 aliphatic carbocycles. The Kier molecular flexibility index (Phi) is 5.03. The van der Waals surface area contributed by atoms with Gasteiger partial charge in [-0.15, -0.1) is 0 Å². The Morgan fingerprint density at radius 3 is 2.26 bits per heavy atom. The van der Waals surface area contributed by atoms with E-state index in [1.54, 1.807) is 0 Å². The van der Waals surface area contributed by atoms with Gasteiger partial charge in [0, 0.05) is 38.3 Å². The number of aryl methyl sites for hydroxylation is 2. The summed E-state index contributed by atoms with van der Waals surface area (Å²) in [4.78, 5) is 17.2. The zero-order valence-electron chi connectivity index (χ0n) is 16.0. The third kappa shape index (κ3) is 4.08. The average Bonchev–Trinajstić information content (AvgIpc) is 2.67. The lowest BCUT2D eigenvalue weighted by Crippen LogP contribution is -2.48. The van der Waals surface area contributed by atoms with Crippen LogP contribution in [0.1, 0.15) is 27.0 Å². The van der Waals surface area contributed by atoms with Gasteiger partial charge >= 0.3 is 0 Å². The van der Waals surface area contributed by atoms with Crippen molar-refractivity contribution in [1.29, 1.82) is 0 Å². The van der Waals surface area contributed by atoms with Gasteiger partial charge in [-0.1, -0.05) is 23.3 Å². The lowest BCUT2D eigenvalue weighted by Gasteiger charge is -2.35. The minimum absolute atomic E-state index is 0.140. The third-order valence-electron chi connectivity index (χ3n) is 5.14. The van der Waals surface area contributed by atoms with E-state index in [1.165, 1.54) is 5.56 Å². The molecular weight excluding hydrogens is 340 g/mol. The largest absolute Gasteiger partial charge is 0.486 e. The van der Waals surface area contributed by atoms with E-state index in [2.05, 4.69) is 23.1 Å². The van der Waals surface area contributed by atoms with Crippen molar-refractivity contribution in [3.63, 3.8) is 0 Å². The van der Waals surface area contributed by atoms with Crippen LogP contribution in [0.2, 0.25) is 0 Å². The number of carbonyl (C=O) groups is 1. The summed E-state index contributed by atoms with van der Waals surface area (Å²) in [6.07, 6.45) is 0. The standard InChI is InChI=1S/C22H26N2O3/c1-16-11-17(2)13-19(12-16)22(25)24-7-5-23(6-8-24)15-18-3-4-20-21(14-18)27-10-9-26-20/h3-4,11-14H,5-10,15H2,1-2H3. The number of carbonyl (C=O) groups excluding carboxylic acids is 1. The fraction of sp³-hybridized carbons (Fsp3) is 0.409. The number of hydrogen-bond donors (Lipinski definition) is 0. The van der Waals surface area contributed by atoms with Gasteiger partial charge in [0.05, 0.1) is 0 Å². The maximum Gasteiger partial charge on any atom is 0.253 e. The minimum atomic E-state index is 0.140. The Bertz CT molecular complexity index is 821. The van der Waals surface area contributed by atoms with Crippen molar-refractivity contribution in [2.24, 2.45) is 0 Å². The second-order valence-electron chi connectivity index (χ2n) is 7.42. The summed E-state index contributed by atoms with van der Waals surface area (Å²) < 4.78 is 11.3. The molecule has 4 rings (SSSR count). The number of hydrogen-bond acceptors (Lipinski definition) is 4. The average molecular weight is 366 g/mol. The topological polar surface area (TPSA) is 42.0 Å². The quantitative estimate of drug-likeness (QED) is 0.837. The summed E-state index contributed by atoms with van der Waals surface area (Å²) in [7, 11) is 0. The van der Waals surface area contributed by atoms with Gasteiger partial charge in [0.2, 0.25) is 0 Å². The summed E-state index contributed by atoms with van der Waals surface area (Å²) in [6.45, 7) is 9.44. The first-order valence-electron chi connectivity index (χ1n) is 9.57. The van der Waals surface area contributed by atoms with E-state index in [-0.39, 0.29) is 5.91 Å². The van der Waals surface area contributed by atoms with Gasteiger partial charge in [-0.25, -0.2) is 0 Å². The number of nitrogens with zero attached hydrogens (tertiary/aromatic N) is 2. The number of ether oxygens (including phenoxy) is 2. The van der Waals surface area contributed by atoms with Gasteiger partial charge in [0.25, 0.3) is 5.91 Å². The van der Waals surface area contributed by atoms with E-state index < -0.39 is 0 Å². The first-order chi connectivity index (χ1) is 13.1. The van der Waals surface area contributed by atoms with Gasteiger partial charge in [-0.2, -0.15) is 0 Å². The number of piperazine rings is 1. The lowest BCUT2D eigenvalue weighted by molar-refractivity contribution is 0.0628. The fourth-order valence-electron chi connectivity index (χ4n) is 3.83. The van der Waals surface area contributed by atoms with Crippen LogP contribution in [0, 0.1) is 13.8 Å². The predicted octanol–water partition coefficient (Wildman–Crippen LogP) is 3.03. The molecule has 1 amide bonds. The van der Waals surface area contributed by atoms with Gasteiger partial charge < -0.3 is 14.4 Å². The normalized spacial score (nSPS) is 17.0. The van der Waals surface area contributed by atoms with Crippen LogP contribution in [0.15, 0.2) is 36.4 Å². The number of benzene rings is 2. The highest BCUT2D eigenvalue weighted by Crippen LogP contribution is 2.31. The van der Waals surface area contributed by atoms with E-state index in [0.29, 0.717) is 13.2 Å². The van der Waals surface area contributed by atoms with E-state index >= 15 is 0 Å². The van der Waals surface area contributed by atoms with Crippen molar-refractivity contribution in [2.75, 3.05) is 39.4 Å². The molecule has 2 heterocycles. The second kappa shape index (κ2) is 7.61. The molecule has 142 valence electrons. The molecule has 27 heavy (non-hydrogen) atoms. The van der Waals surface area contributed by atoms with Crippen molar-refractivity contribution in [3.8, 4) is 11.5 Å². The molecule has 0 N–H and O–H groups in total. The van der Waals surface area contributed by atoms with Crippen LogP contribution in [-0.2, 0) is 6.54 Å². The summed E-state index contributed by atoms with van der Waals surface area (Å²) in [5.74, 6) is 1.80. The zero-order valence-corrected chi connectivity index (χ0v) is 16.0. The Morgan fingerprint density at radius 2 is 1.56 bits per heavy atom. The number of rotatable bonds is 3. The molecule has 1 saturated heterocycles. The van der Waals surface area contributed by atoms with E-state index in [4.69, 9.17) is 9.47 Å². The first-order valence-corrected chi connectivity index (χ1v) is 9.57. The molecule has 2 aromatic rings. The molecule has 0 atom stereocenters. The molecule has 2 aliphatic heterocycles. The van der Waals surface area contributed by atoms with Gasteiger partial charge in [-0.05, 0) is 43.7 Å². The van der Waals surface area contributed by atoms with Crippen molar-refractivity contribution in [1.82, 2.24) is 9.80 Å². The van der Waals surface area contributed by atoms with Crippen molar-refractivity contribution < 1.29 is 14.3 Å². The molecule has 0 aromatic heterocycles. The maximum absolute atomic E-state index is 12.8. The number of fused-ring (bicyclic) bond motifs is 1. The SMILES string of the molecule is Cc1cc(C)cc(C(=O)N2CCN(Cc3ccc4c(c3)OCCO4)CC2)c1. The number of amides is 1. The van der Waals surface area contributed by atoms with Crippen molar-refractivity contribution in [2.45, 2.75) is 20.4 Å². The Hall–Kier alpha value is -2.53. The van der Waals surface area contributed by atoms with Crippen LogP contribution in [0.4, 0.5) is 0 Å². The molecule has 2 aromatic carbocycles. The molecule has 0 radical (unpaired) electrons. The van der Waals surface area contributed by atoms with Crippen LogP contribution in [0.5, 0.6) is 11.5 Å². The molecule has 0 unspecified atom stereocenters. The highest BCUT2D eigenvalue weighted by molar-refractivity contribution is 5.94. The Labute approximate surface area is 160 Å². The van der Waals surface area contributed by atoms with Crippen LogP contribution in [-0.4, -0.2) is 55.1 Å². The summed E-state index contributed by atoms with van der Waals surface area (Å²) >= 11 is 0. The molecule has 5 nitrogen and oxygen atoms in total. The predicted molar refractivity (Wildman–Crippen MR) is 105 cm³/mol. The minimum Gasteiger partial charge on any atom is -0.486 e.